The fourth-order valence-electron chi connectivity index (χ4n) is 7.79. The average Bonchev–Trinajstić information content (AvgIpc) is 2.82. The minimum atomic E-state index is -0.0435. The van der Waals surface area contributed by atoms with Crippen LogP contribution in [0.5, 0.6) is 0 Å². The molecule has 24 heavy (non-hydrogen) atoms. The van der Waals surface area contributed by atoms with Gasteiger partial charge in [-0.25, -0.2) is 4.79 Å². The second-order valence-electron chi connectivity index (χ2n) is 9.66. The Morgan fingerprint density at radius 3 is 2.04 bits per heavy atom. The van der Waals surface area contributed by atoms with Crippen molar-refractivity contribution in [1.29, 1.82) is 0 Å². The number of ether oxygens (including phenoxy) is 1. The molecule has 3 nitrogen and oxygen atoms in total. The van der Waals surface area contributed by atoms with E-state index in [4.69, 9.17) is 4.74 Å². The second kappa shape index (κ2) is 5.92. The maximum absolute atomic E-state index is 12.3. The zero-order valence-corrected chi connectivity index (χ0v) is 15.2. The summed E-state index contributed by atoms with van der Waals surface area (Å²) in [5.74, 6) is 6.19. The number of hydrogen-bond donors (Lipinski definition) is 0. The van der Waals surface area contributed by atoms with Gasteiger partial charge in [0.15, 0.2) is 0 Å². The molecule has 2 unspecified atom stereocenters. The lowest BCUT2D eigenvalue weighted by Gasteiger charge is -2.55. The van der Waals surface area contributed by atoms with Crippen LogP contribution in [-0.2, 0) is 4.74 Å². The first-order valence-electron chi connectivity index (χ1n) is 10.7. The van der Waals surface area contributed by atoms with E-state index in [-0.39, 0.29) is 6.09 Å². The van der Waals surface area contributed by atoms with Crippen molar-refractivity contribution in [2.24, 2.45) is 35.5 Å². The summed E-state index contributed by atoms with van der Waals surface area (Å²) in [6.45, 7) is 2.42. The Kier molecular flexibility index (Phi) is 3.83. The number of carbonyl (C=O) groups is 1. The van der Waals surface area contributed by atoms with Crippen LogP contribution in [0.2, 0.25) is 0 Å². The van der Waals surface area contributed by atoms with Crippen LogP contribution < -0.4 is 0 Å². The van der Waals surface area contributed by atoms with Gasteiger partial charge in [-0.3, -0.25) is 0 Å². The van der Waals surface area contributed by atoms with Crippen LogP contribution in [0.25, 0.3) is 0 Å². The van der Waals surface area contributed by atoms with Gasteiger partial charge in [0.05, 0.1) is 6.61 Å². The molecule has 4 aliphatic carbocycles. The summed E-state index contributed by atoms with van der Waals surface area (Å²) in [6, 6.07) is 0.953. The lowest BCUT2D eigenvalue weighted by molar-refractivity contribution is -0.0511. The van der Waals surface area contributed by atoms with E-state index in [1.165, 1.54) is 32.1 Å². The molecule has 2 atom stereocenters. The van der Waals surface area contributed by atoms with Crippen LogP contribution in [0, 0.1) is 35.5 Å². The van der Waals surface area contributed by atoms with Crippen LogP contribution in [0.3, 0.4) is 0 Å². The standard InChI is InChI=1S/C21H33NO2/c1-2-24-21(23)22-18-3-4-19(22)11-15(10-18)12-20-16-6-13-5-14(8-16)9-17(20)7-13/h13-20H,2-12H2,1H3. The van der Waals surface area contributed by atoms with Gasteiger partial charge in [0, 0.05) is 12.1 Å². The predicted octanol–water partition coefficient (Wildman–Crippen LogP) is 4.85. The van der Waals surface area contributed by atoms with E-state index in [9.17, 15) is 4.79 Å². The first-order valence-corrected chi connectivity index (χ1v) is 10.7. The van der Waals surface area contributed by atoms with Gasteiger partial charge in [-0.05, 0) is 107 Å². The van der Waals surface area contributed by atoms with Crippen molar-refractivity contribution in [3.63, 3.8) is 0 Å². The summed E-state index contributed by atoms with van der Waals surface area (Å²) < 4.78 is 5.31. The summed E-state index contributed by atoms with van der Waals surface area (Å²) in [4.78, 5) is 14.4. The van der Waals surface area contributed by atoms with Crippen molar-refractivity contribution < 1.29 is 9.53 Å². The fourth-order valence-corrected chi connectivity index (χ4v) is 7.79. The van der Waals surface area contributed by atoms with Gasteiger partial charge >= 0.3 is 6.09 Å². The highest BCUT2D eigenvalue weighted by molar-refractivity contribution is 5.69. The van der Waals surface area contributed by atoms with Crippen molar-refractivity contribution in [3.05, 3.63) is 0 Å². The van der Waals surface area contributed by atoms with E-state index >= 15 is 0 Å². The van der Waals surface area contributed by atoms with Crippen molar-refractivity contribution in [2.75, 3.05) is 6.61 Å². The normalized spacial score (nSPS) is 48.8. The lowest BCUT2D eigenvalue weighted by atomic mass is 9.50. The van der Waals surface area contributed by atoms with Crippen molar-refractivity contribution in [2.45, 2.75) is 83.2 Å². The third kappa shape index (κ3) is 2.49. The Balaban J connectivity index is 1.24. The van der Waals surface area contributed by atoms with Gasteiger partial charge in [0.25, 0.3) is 0 Å². The molecule has 0 N–H and O–H groups in total. The molecule has 4 saturated carbocycles. The van der Waals surface area contributed by atoms with E-state index in [2.05, 4.69) is 4.90 Å². The third-order valence-corrected chi connectivity index (χ3v) is 8.34. The lowest BCUT2D eigenvalue weighted by Crippen LogP contribution is -2.49. The van der Waals surface area contributed by atoms with Crippen LogP contribution >= 0.6 is 0 Å². The van der Waals surface area contributed by atoms with Gasteiger partial charge in [0.2, 0.25) is 0 Å². The molecule has 0 aromatic heterocycles. The zero-order chi connectivity index (χ0) is 16.3. The Hall–Kier alpha value is -0.730. The monoisotopic (exact) mass is 331 g/mol. The highest BCUT2D eigenvalue weighted by atomic mass is 16.6. The molecular weight excluding hydrogens is 298 g/mol. The topological polar surface area (TPSA) is 29.5 Å². The Morgan fingerprint density at radius 2 is 1.50 bits per heavy atom. The molecule has 0 spiro atoms. The molecule has 0 radical (unpaired) electrons. The summed E-state index contributed by atoms with van der Waals surface area (Å²) in [5, 5.41) is 0. The van der Waals surface area contributed by atoms with Crippen molar-refractivity contribution in [1.82, 2.24) is 4.90 Å². The van der Waals surface area contributed by atoms with E-state index in [0.717, 1.165) is 35.5 Å². The summed E-state index contributed by atoms with van der Waals surface area (Å²) in [7, 11) is 0. The number of nitrogens with zero attached hydrogens (tertiary/aromatic N) is 1. The predicted molar refractivity (Wildman–Crippen MR) is 93.5 cm³/mol. The van der Waals surface area contributed by atoms with Crippen LogP contribution in [0.4, 0.5) is 4.79 Å². The van der Waals surface area contributed by atoms with Gasteiger partial charge in [0.1, 0.15) is 0 Å². The van der Waals surface area contributed by atoms with Crippen molar-refractivity contribution >= 4 is 6.09 Å². The zero-order valence-electron chi connectivity index (χ0n) is 15.2. The molecule has 134 valence electrons. The SMILES string of the molecule is CCOC(=O)N1C2CCC1CC(CC1C3CC4CC(C3)CC1C4)C2. The summed E-state index contributed by atoms with van der Waals surface area (Å²) in [6.07, 6.45) is 14.1. The van der Waals surface area contributed by atoms with Gasteiger partial charge < -0.3 is 9.64 Å². The number of carbonyl (C=O) groups excluding carboxylic acids is 1. The van der Waals surface area contributed by atoms with Crippen LogP contribution in [0.15, 0.2) is 0 Å². The maximum Gasteiger partial charge on any atom is 0.410 e. The van der Waals surface area contributed by atoms with Gasteiger partial charge in [-0.15, -0.1) is 0 Å². The van der Waals surface area contributed by atoms with E-state index in [1.54, 1.807) is 32.1 Å². The molecule has 6 bridgehead atoms. The third-order valence-electron chi connectivity index (χ3n) is 8.34. The number of rotatable bonds is 3. The van der Waals surface area contributed by atoms with Gasteiger partial charge in [-0.2, -0.15) is 0 Å². The molecule has 2 saturated heterocycles. The maximum atomic E-state index is 12.3. The minimum Gasteiger partial charge on any atom is -0.450 e. The summed E-state index contributed by atoms with van der Waals surface area (Å²) in [5.41, 5.74) is 0. The van der Waals surface area contributed by atoms with E-state index in [0.29, 0.717) is 18.7 Å². The molecule has 2 aliphatic heterocycles. The highest BCUT2D eigenvalue weighted by Crippen LogP contribution is 2.58. The number of fused-ring (bicyclic) bond motifs is 2. The molecular formula is C21H33NO2. The Morgan fingerprint density at radius 1 is 0.917 bits per heavy atom. The second-order valence-corrected chi connectivity index (χ2v) is 9.66. The first kappa shape index (κ1) is 15.5. The van der Waals surface area contributed by atoms with Crippen LogP contribution in [-0.4, -0.2) is 29.7 Å². The number of piperidine rings is 1. The van der Waals surface area contributed by atoms with Gasteiger partial charge in [-0.1, -0.05) is 0 Å². The summed E-state index contributed by atoms with van der Waals surface area (Å²) >= 11 is 0. The quantitative estimate of drug-likeness (QED) is 0.740. The highest BCUT2D eigenvalue weighted by Gasteiger charge is 2.50. The fraction of sp³-hybridized carbons (Fsp3) is 0.952. The molecule has 0 aromatic rings. The molecule has 6 aliphatic rings. The van der Waals surface area contributed by atoms with E-state index < -0.39 is 0 Å². The number of amides is 1. The molecule has 1 amide bonds. The van der Waals surface area contributed by atoms with Crippen LogP contribution in [0.1, 0.15) is 71.1 Å². The smallest absolute Gasteiger partial charge is 0.410 e. The first-order chi connectivity index (χ1) is 11.7. The largest absolute Gasteiger partial charge is 0.450 e. The molecule has 2 heterocycles. The Bertz CT molecular complexity index is 462. The molecule has 6 rings (SSSR count). The van der Waals surface area contributed by atoms with E-state index in [1.807, 2.05) is 6.92 Å². The van der Waals surface area contributed by atoms with Crippen molar-refractivity contribution in [3.8, 4) is 0 Å². The minimum absolute atomic E-state index is 0.0435. The molecule has 6 fully saturated rings. The molecule has 0 aromatic carbocycles. The molecule has 3 heteroatoms. The Labute approximate surface area is 146 Å². The average molecular weight is 332 g/mol. The number of hydrogen-bond acceptors (Lipinski definition) is 2.